The minimum absolute atomic E-state index is 0.0218. The van der Waals surface area contributed by atoms with Gasteiger partial charge in [0.05, 0.1) is 23.6 Å². The van der Waals surface area contributed by atoms with Gasteiger partial charge in [-0.15, -0.1) is 0 Å². The van der Waals surface area contributed by atoms with Crippen LogP contribution in [0.1, 0.15) is 35.5 Å². The summed E-state index contributed by atoms with van der Waals surface area (Å²) in [4.78, 5) is 8.67. The van der Waals surface area contributed by atoms with Crippen molar-refractivity contribution in [2.45, 2.75) is 33.7 Å². The first-order chi connectivity index (χ1) is 8.97. The van der Waals surface area contributed by atoms with Gasteiger partial charge in [-0.2, -0.15) is 0 Å². The number of anilines is 1. The van der Waals surface area contributed by atoms with Gasteiger partial charge in [0.15, 0.2) is 0 Å². The Morgan fingerprint density at radius 2 is 1.89 bits per heavy atom. The summed E-state index contributed by atoms with van der Waals surface area (Å²) in [5, 5.41) is 3.23. The first-order valence-corrected chi connectivity index (χ1v) is 6.30. The Hall–Kier alpha value is -1.97. The Kier molecular flexibility index (Phi) is 3.79. The van der Waals surface area contributed by atoms with E-state index in [2.05, 4.69) is 15.3 Å². The number of halogens is 1. The maximum atomic E-state index is 13.5. The summed E-state index contributed by atoms with van der Waals surface area (Å²) in [6.07, 6.45) is 1.70. The standard InChI is InChI=1S/C15H18FN3/c1-9-5-6-13(7-14(9)16)12(4)19-15-8-17-10(2)11(3)18-15/h5-8,12H,1-4H3,(H,18,19). The largest absolute Gasteiger partial charge is 0.362 e. The molecule has 1 aromatic carbocycles. The van der Waals surface area contributed by atoms with Crippen LogP contribution in [0, 0.1) is 26.6 Å². The van der Waals surface area contributed by atoms with Gasteiger partial charge in [-0.3, -0.25) is 4.98 Å². The molecule has 0 radical (unpaired) electrons. The molecule has 0 aliphatic heterocycles. The molecule has 1 unspecified atom stereocenters. The third-order valence-corrected chi connectivity index (χ3v) is 3.25. The predicted octanol–water partition coefficient (Wildman–Crippen LogP) is 3.71. The molecule has 100 valence electrons. The van der Waals surface area contributed by atoms with E-state index in [1.54, 1.807) is 25.3 Å². The second kappa shape index (κ2) is 5.34. The molecule has 0 fully saturated rings. The first-order valence-electron chi connectivity index (χ1n) is 6.30. The van der Waals surface area contributed by atoms with E-state index in [0.29, 0.717) is 11.4 Å². The summed E-state index contributed by atoms with van der Waals surface area (Å²) < 4.78 is 13.5. The highest BCUT2D eigenvalue weighted by molar-refractivity contribution is 5.38. The Bertz CT molecular complexity index is 596. The predicted molar refractivity (Wildman–Crippen MR) is 74.7 cm³/mol. The van der Waals surface area contributed by atoms with Gasteiger partial charge < -0.3 is 5.32 Å². The van der Waals surface area contributed by atoms with Gasteiger partial charge in [0.25, 0.3) is 0 Å². The van der Waals surface area contributed by atoms with Gasteiger partial charge in [0.1, 0.15) is 11.6 Å². The number of nitrogens with one attached hydrogen (secondary N) is 1. The molecule has 0 spiro atoms. The van der Waals surface area contributed by atoms with Crippen molar-refractivity contribution in [3.05, 3.63) is 52.7 Å². The molecule has 3 nitrogen and oxygen atoms in total. The Morgan fingerprint density at radius 1 is 1.16 bits per heavy atom. The molecule has 0 saturated carbocycles. The van der Waals surface area contributed by atoms with Crippen LogP contribution in [0.5, 0.6) is 0 Å². The highest BCUT2D eigenvalue weighted by atomic mass is 19.1. The van der Waals surface area contributed by atoms with Crippen LogP contribution < -0.4 is 5.32 Å². The fraction of sp³-hybridized carbons (Fsp3) is 0.333. The van der Waals surface area contributed by atoms with Gasteiger partial charge in [0.2, 0.25) is 0 Å². The summed E-state index contributed by atoms with van der Waals surface area (Å²) in [5.41, 5.74) is 3.36. The van der Waals surface area contributed by atoms with E-state index in [4.69, 9.17) is 0 Å². The van der Waals surface area contributed by atoms with E-state index in [9.17, 15) is 4.39 Å². The molecule has 2 aromatic rings. The van der Waals surface area contributed by atoms with Crippen LogP contribution >= 0.6 is 0 Å². The third-order valence-electron chi connectivity index (χ3n) is 3.25. The van der Waals surface area contributed by atoms with Crippen molar-refractivity contribution in [1.82, 2.24) is 9.97 Å². The maximum absolute atomic E-state index is 13.5. The summed E-state index contributed by atoms with van der Waals surface area (Å²) >= 11 is 0. The van der Waals surface area contributed by atoms with E-state index in [0.717, 1.165) is 17.0 Å². The summed E-state index contributed by atoms with van der Waals surface area (Å²) in [7, 11) is 0. The number of hydrogen-bond acceptors (Lipinski definition) is 3. The zero-order chi connectivity index (χ0) is 14.0. The molecule has 1 aromatic heterocycles. The monoisotopic (exact) mass is 259 g/mol. The molecule has 0 aliphatic rings. The molecular formula is C15H18FN3. The topological polar surface area (TPSA) is 37.8 Å². The fourth-order valence-electron chi connectivity index (χ4n) is 1.79. The number of benzene rings is 1. The quantitative estimate of drug-likeness (QED) is 0.913. The van der Waals surface area contributed by atoms with Crippen LogP contribution in [0.2, 0.25) is 0 Å². The second-order valence-electron chi connectivity index (χ2n) is 4.80. The van der Waals surface area contributed by atoms with Gasteiger partial charge in [-0.05, 0) is 44.9 Å². The molecule has 19 heavy (non-hydrogen) atoms. The number of rotatable bonds is 3. The molecule has 0 amide bonds. The van der Waals surface area contributed by atoms with Crippen molar-refractivity contribution in [2.24, 2.45) is 0 Å². The number of aryl methyl sites for hydroxylation is 3. The molecule has 4 heteroatoms. The van der Waals surface area contributed by atoms with Crippen molar-refractivity contribution < 1.29 is 4.39 Å². The third kappa shape index (κ3) is 3.08. The van der Waals surface area contributed by atoms with Gasteiger partial charge in [-0.1, -0.05) is 12.1 Å². The van der Waals surface area contributed by atoms with Crippen LogP contribution in [0.25, 0.3) is 0 Å². The molecule has 2 rings (SSSR count). The van der Waals surface area contributed by atoms with Crippen molar-refractivity contribution in [3.8, 4) is 0 Å². The second-order valence-corrected chi connectivity index (χ2v) is 4.80. The highest BCUT2D eigenvalue weighted by Gasteiger charge is 2.09. The van der Waals surface area contributed by atoms with E-state index in [-0.39, 0.29) is 11.9 Å². The molecule has 1 atom stereocenters. The van der Waals surface area contributed by atoms with Gasteiger partial charge in [0, 0.05) is 0 Å². The first kappa shape index (κ1) is 13.5. The van der Waals surface area contributed by atoms with Crippen LogP contribution in [-0.4, -0.2) is 9.97 Å². The van der Waals surface area contributed by atoms with E-state index >= 15 is 0 Å². The minimum Gasteiger partial charge on any atom is -0.362 e. The lowest BCUT2D eigenvalue weighted by Gasteiger charge is -2.16. The van der Waals surface area contributed by atoms with E-state index in [1.165, 1.54) is 0 Å². The highest BCUT2D eigenvalue weighted by Crippen LogP contribution is 2.20. The minimum atomic E-state index is -0.183. The number of nitrogens with zero attached hydrogens (tertiary/aromatic N) is 2. The van der Waals surface area contributed by atoms with Crippen molar-refractivity contribution in [3.63, 3.8) is 0 Å². The van der Waals surface area contributed by atoms with Gasteiger partial charge >= 0.3 is 0 Å². The average molecular weight is 259 g/mol. The summed E-state index contributed by atoms with van der Waals surface area (Å²) in [6.45, 7) is 7.57. The van der Waals surface area contributed by atoms with Crippen LogP contribution in [0.3, 0.4) is 0 Å². The average Bonchev–Trinajstić information content (AvgIpc) is 2.37. The Labute approximate surface area is 112 Å². The number of aromatic nitrogens is 2. The molecule has 1 heterocycles. The van der Waals surface area contributed by atoms with Crippen LogP contribution in [0.15, 0.2) is 24.4 Å². The normalized spacial score (nSPS) is 12.3. The molecule has 0 aliphatic carbocycles. The molecule has 0 bridgehead atoms. The van der Waals surface area contributed by atoms with Crippen LogP contribution in [0.4, 0.5) is 10.2 Å². The van der Waals surface area contributed by atoms with Crippen molar-refractivity contribution in [2.75, 3.05) is 5.32 Å². The lowest BCUT2D eigenvalue weighted by molar-refractivity contribution is 0.614. The maximum Gasteiger partial charge on any atom is 0.145 e. The fourth-order valence-corrected chi connectivity index (χ4v) is 1.79. The Balaban J connectivity index is 2.17. The lowest BCUT2D eigenvalue weighted by Crippen LogP contribution is -2.09. The summed E-state index contributed by atoms with van der Waals surface area (Å²) in [5.74, 6) is 0.522. The zero-order valence-electron chi connectivity index (χ0n) is 11.7. The van der Waals surface area contributed by atoms with Crippen molar-refractivity contribution >= 4 is 5.82 Å². The molecular weight excluding hydrogens is 241 g/mol. The SMILES string of the molecule is Cc1ccc(C(C)Nc2cnc(C)c(C)n2)cc1F. The Morgan fingerprint density at radius 3 is 2.53 bits per heavy atom. The smallest absolute Gasteiger partial charge is 0.145 e. The molecule has 0 saturated heterocycles. The lowest BCUT2D eigenvalue weighted by atomic mass is 10.1. The van der Waals surface area contributed by atoms with E-state index < -0.39 is 0 Å². The van der Waals surface area contributed by atoms with Gasteiger partial charge in [-0.25, -0.2) is 9.37 Å². The van der Waals surface area contributed by atoms with E-state index in [1.807, 2.05) is 26.8 Å². The zero-order valence-corrected chi connectivity index (χ0v) is 11.7. The number of hydrogen-bond donors (Lipinski definition) is 1. The summed E-state index contributed by atoms with van der Waals surface area (Å²) in [6, 6.07) is 5.24. The van der Waals surface area contributed by atoms with Crippen LogP contribution in [-0.2, 0) is 0 Å². The molecule has 1 N–H and O–H groups in total. The van der Waals surface area contributed by atoms with Crippen molar-refractivity contribution in [1.29, 1.82) is 0 Å².